The Bertz CT molecular complexity index is 491. The highest BCUT2D eigenvalue weighted by molar-refractivity contribution is 7.89. The Morgan fingerprint density at radius 3 is 2.40 bits per heavy atom. The molecule has 0 amide bonds. The van der Waals surface area contributed by atoms with Crippen LogP contribution in [0.3, 0.4) is 0 Å². The fourth-order valence-electron chi connectivity index (χ4n) is 0.815. The molecule has 1 aromatic heterocycles. The van der Waals surface area contributed by atoms with Crippen LogP contribution in [-0.2, 0) is 10.0 Å². The molecule has 0 atom stereocenters. The molecule has 0 aromatic carbocycles. The molecule has 1 heterocycles. The molecule has 0 aliphatic heterocycles. The van der Waals surface area contributed by atoms with Gasteiger partial charge in [0.25, 0.3) is 6.43 Å². The lowest BCUT2D eigenvalue weighted by Crippen LogP contribution is -2.15. The van der Waals surface area contributed by atoms with Crippen LogP contribution in [0.25, 0.3) is 0 Å². The van der Waals surface area contributed by atoms with Gasteiger partial charge in [-0.05, 0) is 6.07 Å². The quantitative estimate of drug-likeness (QED) is 0.818. The molecule has 0 bridgehead atoms. The maximum absolute atomic E-state index is 12.9. The number of primary sulfonamides is 1. The first-order valence-corrected chi connectivity index (χ1v) is 5.33. The average molecular weight is 261 g/mol. The Hall–Kier alpha value is -0.860. The van der Waals surface area contributed by atoms with E-state index in [0.717, 1.165) is 0 Å². The summed E-state index contributed by atoms with van der Waals surface area (Å²) in [6.07, 6.45) is -3.10. The van der Waals surface area contributed by atoms with Gasteiger partial charge >= 0.3 is 0 Å². The van der Waals surface area contributed by atoms with Crippen LogP contribution in [0.5, 0.6) is 0 Å². The lowest BCUT2D eigenvalue weighted by Gasteiger charge is -2.05. The van der Waals surface area contributed by atoms with Crippen molar-refractivity contribution in [2.24, 2.45) is 5.14 Å². The second kappa shape index (κ2) is 3.95. The standard InChI is InChI=1S/C6H4ClF3N2O2S/c7-2-1-3(15(11,13)14)6(10)12-4(2)5(8)9/h1,5H,(H2,11,13,14). The minimum absolute atomic E-state index is 0.501. The number of pyridine rings is 1. The molecule has 0 aliphatic carbocycles. The summed E-state index contributed by atoms with van der Waals surface area (Å²) >= 11 is 5.27. The maximum Gasteiger partial charge on any atom is 0.281 e. The molecule has 1 rings (SSSR count). The fraction of sp³-hybridized carbons (Fsp3) is 0.167. The van der Waals surface area contributed by atoms with Crippen LogP contribution in [0.15, 0.2) is 11.0 Å². The zero-order chi connectivity index (χ0) is 11.8. The molecule has 84 valence electrons. The molecule has 0 saturated carbocycles. The van der Waals surface area contributed by atoms with E-state index in [2.05, 4.69) is 10.1 Å². The Kier molecular flexibility index (Phi) is 3.22. The molecule has 0 unspecified atom stereocenters. The molecule has 0 radical (unpaired) electrons. The lowest BCUT2D eigenvalue weighted by atomic mass is 10.3. The van der Waals surface area contributed by atoms with Crippen LogP contribution in [0.1, 0.15) is 12.1 Å². The van der Waals surface area contributed by atoms with Gasteiger partial charge in [0.05, 0.1) is 5.02 Å². The minimum Gasteiger partial charge on any atom is -0.224 e. The van der Waals surface area contributed by atoms with Crippen LogP contribution < -0.4 is 5.14 Å². The normalized spacial score (nSPS) is 12.1. The number of hydrogen-bond donors (Lipinski definition) is 1. The molecule has 2 N–H and O–H groups in total. The van der Waals surface area contributed by atoms with Gasteiger partial charge in [0.2, 0.25) is 16.0 Å². The number of halogens is 4. The molecule has 0 fully saturated rings. The van der Waals surface area contributed by atoms with E-state index >= 15 is 0 Å². The lowest BCUT2D eigenvalue weighted by molar-refractivity contribution is 0.144. The third-order valence-electron chi connectivity index (χ3n) is 1.44. The highest BCUT2D eigenvalue weighted by Gasteiger charge is 2.22. The number of hydrogen-bond acceptors (Lipinski definition) is 3. The van der Waals surface area contributed by atoms with Crippen molar-refractivity contribution in [2.75, 3.05) is 0 Å². The number of aromatic nitrogens is 1. The second-order valence-corrected chi connectivity index (χ2v) is 4.43. The second-order valence-electron chi connectivity index (χ2n) is 2.49. The van der Waals surface area contributed by atoms with E-state index in [9.17, 15) is 21.6 Å². The molecule has 0 spiro atoms. The number of sulfonamides is 1. The van der Waals surface area contributed by atoms with Crippen molar-refractivity contribution in [1.82, 2.24) is 4.98 Å². The summed E-state index contributed by atoms with van der Waals surface area (Å²) in [6, 6.07) is 0.501. The predicted molar refractivity (Wildman–Crippen MR) is 45.5 cm³/mol. The first kappa shape index (κ1) is 12.2. The van der Waals surface area contributed by atoms with Gasteiger partial charge in [0.1, 0.15) is 10.6 Å². The molecular weight excluding hydrogens is 257 g/mol. The van der Waals surface area contributed by atoms with E-state index in [1.54, 1.807) is 0 Å². The van der Waals surface area contributed by atoms with Crippen LogP contribution in [0, 0.1) is 5.95 Å². The first-order valence-electron chi connectivity index (χ1n) is 3.40. The third kappa shape index (κ3) is 2.58. The van der Waals surface area contributed by atoms with Crippen molar-refractivity contribution in [3.8, 4) is 0 Å². The third-order valence-corrected chi connectivity index (χ3v) is 2.64. The Morgan fingerprint density at radius 2 is 2.00 bits per heavy atom. The Labute approximate surface area is 87.9 Å². The number of nitrogens with two attached hydrogens (primary N) is 1. The SMILES string of the molecule is NS(=O)(=O)c1cc(Cl)c(C(F)F)nc1F. The summed E-state index contributed by atoms with van der Waals surface area (Å²) in [5.41, 5.74) is -1.03. The van der Waals surface area contributed by atoms with Crippen molar-refractivity contribution in [1.29, 1.82) is 0 Å². The monoisotopic (exact) mass is 260 g/mol. The number of nitrogens with zero attached hydrogens (tertiary/aromatic N) is 1. The first-order chi connectivity index (χ1) is 6.73. The largest absolute Gasteiger partial charge is 0.281 e. The van der Waals surface area contributed by atoms with E-state index in [1.807, 2.05) is 0 Å². The summed E-state index contributed by atoms with van der Waals surface area (Å²) in [5.74, 6) is -1.60. The number of rotatable bonds is 2. The molecular formula is C6H4ClF3N2O2S. The van der Waals surface area contributed by atoms with Crippen molar-refractivity contribution in [2.45, 2.75) is 11.3 Å². The highest BCUT2D eigenvalue weighted by atomic mass is 35.5. The van der Waals surface area contributed by atoms with Crippen LogP contribution >= 0.6 is 11.6 Å². The summed E-state index contributed by atoms with van der Waals surface area (Å²) in [4.78, 5) is 1.71. The van der Waals surface area contributed by atoms with Gasteiger partial charge in [-0.3, -0.25) is 0 Å². The van der Waals surface area contributed by atoms with Gasteiger partial charge in [-0.1, -0.05) is 11.6 Å². The summed E-state index contributed by atoms with van der Waals surface area (Å²) in [6.45, 7) is 0. The van der Waals surface area contributed by atoms with Crippen LogP contribution in [-0.4, -0.2) is 13.4 Å². The van der Waals surface area contributed by atoms with Crippen molar-refractivity contribution < 1.29 is 21.6 Å². The summed E-state index contributed by atoms with van der Waals surface area (Å²) < 4.78 is 58.7. The predicted octanol–water partition coefficient (Wildman–Crippen LogP) is 1.46. The van der Waals surface area contributed by atoms with E-state index in [-0.39, 0.29) is 0 Å². The van der Waals surface area contributed by atoms with E-state index in [1.165, 1.54) is 0 Å². The highest BCUT2D eigenvalue weighted by Crippen LogP contribution is 2.27. The molecule has 1 aromatic rings. The number of alkyl halides is 2. The summed E-state index contributed by atoms with van der Waals surface area (Å²) in [5, 5.41) is 3.94. The minimum atomic E-state index is -4.37. The molecule has 0 saturated heterocycles. The van der Waals surface area contributed by atoms with Gasteiger partial charge in [-0.25, -0.2) is 27.3 Å². The molecule has 15 heavy (non-hydrogen) atoms. The van der Waals surface area contributed by atoms with Crippen molar-refractivity contribution in [3.63, 3.8) is 0 Å². The topological polar surface area (TPSA) is 73.1 Å². The van der Waals surface area contributed by atoms with E-state index in [4.69, 9.17) is 11.6 Å². The maximum atomic E-state index is 12.9. The van der Waals surface area contributed by atoms with Gasteiger partial charge in [0.15, 0.2) is 0 Å². The van der Waals surface area contributed by atoms with Crippen LogP contribution in [0.2, 0.25) is 5.02 Å². The molecule has 4 nitrogen and oxygen atoms in total. The molecule has 0 aliphatic rings. The van der Waals surface area contributed by atoms with Crippen LogP contribution in [0.4, 0.5) is 13.2 Å². The van der Waals surface area contributed by atoms with E-state index < -0.39 is 38.0 Å². The zero-order valence-electron chi connectivity index (χ0n) is 6.92. The van der Waals surface area contributed by atoms with Gasteiger partial charge in [0, 0.05) is 0 Å². The Morgan fingerprint density at radius 1 is 1.47 bits per heavy atom. The average Bonchev–Trinajstić information content (AvgIpc) is 2.06. The van der Waals surface area contributed by atoms with Gasteiger partial charge < -0.3 is 0 Å². The fourth-order valence-corrected chi connectivity index (χ4v) is 1.68. The zero-order valence-corrected chi connectivity index (χ0v) is 8.49. The van der Waals surface area contributed by atoms with Crippen molar-refractivity contribution >= 4 is 21.6 Å². The Balaban J connectivity index is 3.46. The smallest absolute Gasteiger partial charge is 0.224 e. The molecule has 9 heteroatoms. The summed E-state index contributed by atoms with van der Waals surface area (Å²) in [7, 11) is -4.37. The van der Waals surface area contributed by atoms with E-state index in [0.29, 0.717) is 6.07 Å². The van der Waals surface area contributed by atoms with Gasteiger partial charge in [-0.2, -0.15) is 4.39 Å². The van der Waals surface area contributed by atoms with Gasteiger partial charge in [-0.15, -0.1) is 0 Å². The van der Waals surface area contributed by atoms with Crippen molar-refractivity contribution in [3.05, 3.63) is 22.7 Å².